The summed E-state index contributed by atoms with van der Waals surface area (Å²) in [6.07, 6.45) is 4.59. The van der Waals surface area contributed by atoms with E-state index in [4.69, 9.17) is 4.42 Å². The number of H-pyrrole nitrogens is 1. The Bertz CT molecular complexity index is 847. The summed E-state index contributed by atoms with van der Waals surface area (Å²) in [6, 6.07) is 7.89. The number of furan rings is 1. The summed E-state index contributed by atoms with van der Waals surface area (Å²) in [6.45, 7) is 2.01. The van der Waals surface area contributed by atoms with Crippen molar-refractivity contribution >= 4 is 16.8 Å². The number of nitrogens with one attached hydrogen (secondary N) is 2. The van der Waals surface area contributed by atoms with Crippen molar-refractivity contribution in [2.24, 2.45) is 0 Å². The Hall–Kier alpha value is -2.56. The Balaban J connectivity index is 1.64. The predicted octanol–water partition coefficient (Wildman–Crippen LogP) is 3.27. The summed E-state index contributed by atoms with van der Waals surface area (Å²) in [7, 11) is 0. The van der Waals surface area contributed by atoms with E-state index in [1.807, 2.05) is 31.2 Å². The Morgan fingerprint density at radius 1 is 1.41 bits per heavy atom. The molecule has 1 amide bonds. The highest BCUT2D eigenvalue weighted by Crippen LogP contribution is 2.30. The van der Waals surface area contributed by atoms with Gasteiger partial charge in [0, 0.05) is 17.4 Å². The monoisotopic (exact) mass is 295 g/mol. The number of amides is 1. The van der Waals surface area contributed by atoms with Crippen LogP contribution in [0.4, 0.5) is 0 Å². The van der Waals surface area contributed by atoms with Gasteiger partial charge < -0.3 is 9.73 Å². The van der Waals surface area contributed by atoms with E-state index < -0.39 is 0 Å². The maximum absolute atomic E-state index is 12.6. The number of hydrogen-bond donors (Lipinski definition) is 2. The number of benzene rings is 1. The average molecular weight is 295 g/mol. The second-order valence-corrected chi connectivity index (χ2v) is 5.84. The molecule has 22 heavy (non-hydrogen) atoms. The van der Waals surface area contributed by atoms with E-state index in [9.17, 15) is 4.79 Å². The SMILES string of the molecule is Cc1ccc2[nH]nc(C(=O)NC3CCCc4occc43)c2c1. The van der Waals surface area contributed by atoms with Crippen LogP contribution >= 0.6 is 0 Å². The van der Waals surface area contributed by atoms with Crippen molar-refractivity contribution in [1.82, 2.24) is 15.5 Å². The Morgan fingerprint density at radius 3 is 3.23 bits per heavy atom. The van der Waals surface area contributed by atoms with E-state index in [1.54, 1.807) is 6.26 Å². The number of carbonyl (C=O) groups is 1. The topological polar surface area (TPSA) is 70.9 Å². The number of aryl methyl sites for hydroxylation is 2. The van der Waals surface area contributed by atoms with Gasteiger partial charge in [-0.3, -0.25) is 9.89 Å². The van der Waals surface area contributed by atoms with E-state index >= 15 is 0 Å². The van der Waals surface area contributed by atoms with Crippen LogP contribution in [0, 0.1) is 6.92 Å². The highest BCUT2D eigenvalue weighted by atomic mass is 16.3. The van der Waals surface area contributed by atoms with Gasteiger partial charge in [0.25, 0.3) is 5.91 Å². The summed E-state index contributed by atoms with van der Waals surface area (Å²) < 4.78 is 5.47. The minimum atomic E-state index is -0.143. The van der Waals surface area contributed by atoms with Gasteiger partial charge in [-0.25, -0.2) is 0 Å². The lowest BCUT2D eigenvalue weighted by Crippen LogP contribution is -2.30. The molecule has 0 saturated heterocycles. The first kappa shape index (κ1) is 13.1. The third kappa shape index (κ3) is 2.09. The molecule has 2 N–H and O–H groups in total. The third-order valence-corrected chi connectivity index (χ3v) is 4.29. The zero-order valence-corrected chi connectivity index (χ0v) is 12.3. The second kappa shape index (κ2) is 5.02. The Morgan fingerprint density at radius 2 is 2.32 bits per heavy atom. The van der Waals surface area contributed by atoms with Crippen LogP contribution in [0.5, 0.6) is 0 Å². The summed E-state index contributed by atoms with van der Waals surface area (Å²) >= 11 is 0. The number of fused-ring (bicyclic) bond motifs is 2. The molecule has 2 aromatic heterocycles. The van der Waals surface area contributed by atoms with Gasteiger partial charge in [-0.1, -0.05) is 11.6 Å². The molecule has 3 aromatic rings. The van der Waals surface area contributed by atoms with Crippen molar-refractivity contribution in [2.45, 2.75) is 32.2 Å². The molecular formula is C17H17N3O2. The highest BCUT2D eigenvalue weighted by Gasteiger charge is 2.25. The van der Waals surface area contributed by atoms with Crippen LogP contribution < -0.4 is 5.32 Å². The van der Waals surface area contributed by atoms with Crippen LogP contribution in [0.1, 0.15) is 46.3 Å². The molecule has 4 rings (SSSR count). The molecule has 5 nitrogen and oxygen atoms in total. The number of aromatic nitrogens is 2. The van der Waals surface area contributed by atoms with Crippen molar-refractivity contribution in [2.75, 3.05) is 0 Å². The van der Waals surface area contributed by atoms with E-state index in [0.29, 0.717) is 5.69 Å². The van der Waals surface area contributed by atoms with Crippen LogP contribution in [0.3, 0.4) is 0 Å². The van der Waals surface area contributed by atoms with E-state index in [2.05, 4.69) is 15.5 Å². The molecule has 0 radical (unpaired) electrons. The molecule has 0 saturated carbocycles. The fourth-order valence-electron chi connectivity index (χ4n) is 3.16. The van der Waals surface area contributed by atoms with Crippen molar-refractivity contribution in [1.29, 1.82) is 0 Å². The zero-order chi connectivity index (χ0) is 15.1. The van der Waals surface area contributed by atoms with Gasteiger partial charge in [0.05, 0.1) is 17.8 Å². The second-order valence-electron chi connectivity index (χ2n) is 5.84. The molecule has 1 aliphatic rings. The largest absolute Gasteiger partial charge is 0.469 e. The Kier molecular flexibility index (Phi) is 2.99. The van der Waals surface area contributed by atoms with Gasteiger partial charge in [-0.2, -0.15) is 5.10 Å². The summed E-state index contributed by atoms with van der Waals surface area (Å²) in [5.74, 6) is 0.843. The molecule has 0 spiro atoms. The molecule has 0 bridgehead atoms. The zero-order valence-electron chi connectivity index (χ0n) is 12.3. The minimum absolute atomic E-state index is 0.00607. The molecule has 0 fully saturated rings. The van der Waals surface area contributed by atoms with Crippen LogP contribution in [-0.4, -0.2) is 16.1 Å². The minimum Gasteiger partial charge on any atom is -0.469 e. The fraction of sp³-hybridized carbons (Fsp3) is 0.294. The molecule has 0 aliphatic heterocycles. The van der Waals surface area contributed by atoms with Gasteiger partial charge in [-0.05, 0) is 38.0 Å². The van der Waals surface area contributed by atoms with E-state index in [-0.39, 0.29) is 11.9 Å². The van der Waals surface area contributed by atoms with Gasteiger partial charge >= 0.3 is 0 Å². The van der Waals surface area contributed by atoms with Crippen molar-refractivity contribution in [3.63, 3.8) is 0 Å². The first-order valence-electron chi connectivity index (χ1n) is 7.54. The maximum atomic E-state index is 12.6. The van der Waals surface area contributed by atoms with E-state index in [0.717, 1.165) is 47.1 Å². The molecule has 1 atom stereocenters. The lowest BCUT2D eigenvalue weighted by molar-refractivity contribution is 0.0929. The van der Waals surface area contributed by atoms with Crippen LogP contribution in [-0.2, 0) is 6.42 Å². The third-order valence-electron chi connectivity index (χ3n) is 4.29. The molecule has 2 heterocycles. The average Bonchev–Trinajstić information content (AvgIpc) is 3.13. The number of hydrogen-bond acceptors (Lipinski definition) is 3. The quantitative estimate of drug-likeness (QED) is 0.762. The molecule has 112 valence electrons. The summed E-state index contributed by atoms with van der Waals surface area (Å²) in [5, 5.41) is 11.1. The number of aromatic amines is 1. The molecular weight excluding hydrogens is 278 g/mol. The highest BCUT2D eigenvalue weighted by molar-refractivity contribution is 6.04. The first-order valence-corrected chi connectivity index (χ1v) is 7.54. The van der Waals surface area contributed by atoms with Crippen molar-refractivity contribution < 1.29 is 9.21 Å². The molecule has 1 unspecified atom stereocenters. The normalized spacial score (nSPS) is 17.4. The van der Waals surface area contributed by atoms with Gasteiger partial charge in [0.2, 0.25) is 0 Å². The van der Waals surface area contributed by atoms with Crippen LogP contribution in [0.2, 0.25) is 0 Å². The van der Waals surface area contributed by atoms with Crippen molar-refractivity contribution in [3.05, 3.63) is 53.1 Å². The number of rotatable bonds is 2. The molecule has 5 heteroatoms. The first-order chi connectivity index (χ1) is 10.7. The summed E-state index contributed by atoms with van der Waals surface area (Å²) in [5.41, 5.74) is 3.53. The fourth-order valence-corrected chi connectivity index (χ4v) is 3.16. The summed E-state index contributed by atoms with van der Waals surface area (Å²) in [4.78, 5) is 12.6. The van der Waals surface area contributed by atoms with Crippen molar-refractivity contribution in [3.8, 4) is 0 Å². The predicted molar refractivity (Wildman–Crippen MR) is 82.7 cm³/mol. The molecule has 1 aromatic carbocycles. The van der Waals surface area contributed by atoms with E-state index in [1.165, 1.54) is 0 Å². The number of carbonyl (C=O) groups excluding carboxylic acids is 1. The molecule has 1 aliphatic carbocycles. The number of nitrogens with zero attached hydrogens (tertiary/aromatic N) is 1. The van der Waals surface area contributed by atoms with Gasteiger partial charge in [0.15, 0.2) is 5.69 Å². The Labute approximate surface area is 127 Å². The van der Waals surface area contributed by atoms with Gasteiger partial charge in [0.1, 0.15) is 5.76 Å². The van der Waals surface area contributed by atoms with Gasteiger partial charge in [-0.15, -0.1) is 0 Å². The van der Waals surface area contributed by atoms with Crippen LogP contribution in [0.15, 0.2) is 34.9 Å². The lowest BCUT2D eigenvalue weighted by atomic mass is 9.93. The van der Waals surface area contributed by atoms with Crippen LogP contribution in [0.25, 0.3) is 10.9 Å². The maximum Gasteiger partial charge on any atom is 0.272 e. The standard InChI is InChI=1S/C17H17N3O2/c1-10-5-6-14-12(9-10)16(20-19-14)17(21)18-13-3-2-4-15-11(13)7-8-22-15/h5-9,13H,2-4H2,1H3,(H,18,21)(H,19,20). The smallest absolute Gasteiger partial charge is 0.272 e. The lowest BCUT2D eigenvalue weighted by Gasteiger charge is -2.22.